The molecule has 41 heavy (non-hydrogen) atoms. The molecule has 0 aliphatic heterocycles. The molecule has 0 aromatic rings. The summed E-state index contributed by atoms with van der Waals surface area (Å²) in [6, 6.07) is 0. The van der Waals surface area contributed by atoms with E-state index in [4.69, 9.17) is 25.9 Å². The van der Waals surface area contributed by atoms with Gasteiger partial charge in [-0.2, -0.15) is 17.6 Å². The first kappa shape index (κ1) is 39.6. The van der Waals surface area contributed by atoms with Gasteiger partial charge in [-0.05, 0) is 19.3 Å². The largest absolute Gasteiger partial charge is 0.495 e. The van der Waals surface area contributed by atoms with Crippen LogP contribution < -0.4 is 0 Å². The highest BCUT2D eigenvalue weighted by Gasteiger charge is 2.52. The maximum absolute atomic E-state index is 13.6. The highest BCUT2D eigenvalue weighted by Crippen LogP contribution is 2.33. The summed E-state index contributed by atoms with van der Waals surface area (Å²) < 4.78 is 111. The van der Waals surface area contributed by atoms with E-state index in [2.05, 4.69) is 23.8 Å². The van der Waals surface area contributed by atoms with Gasteiger partial charge >= 0.3 is 18.5 Å². The van der Waals surface area contributed by atoms with Crippen LogP contribution in [0.3, 0.4) is 0 Å². The summed E-state index contributed by atoms with van der Waals surface area (Å²) in [4.78, 5) is 3.14. The Labute approximate surface area is 233 Å². The molecule has 12 nitrogen and oxygen atoms in total. The van der Waals surface area contributed by atoms with Gasteiger partial charge in [-0.3, -0.25) is 0 Å². The molecule has 0 radical (unpaired) electrons. The summed E-state index contributed by atoms with van der Waals surface area (Å²) >= 11 is 0. The molecule has 0 bridgehead atoms. The lowest BCUT2D eigenvalue weighted by atomic mass is 10.2. The zero-order valence-corrected chi connectivity index (χ0v) is 22.4. The summed E-state index contributed by atoms with van der Waals surface area (Å²) in [7, 11) is 0. The van der Waals surface area contributed by atoms with Gasteiger partial charge in [0.15, 0.2) is 0 Å². The van der Waals surface area contributed by atoms with Crippen LogP contribution in [-0.4, -0.2) is 136 Å². The first-order valence-corrected chi connectivity index (χ1v) is 12.6. The minimum atomic E-state index is -5.43. The van der Waals surface area contributed by atoms with E-state index < -0.39 is 63.3 Å². The predicted octanol–water partition coefficient (Wildman–Crippen LogP) is 1.39. The second-order valence-corrected chi connectivity index (χ2v) is 8.61. The molecule has 18 heteroatoms. The molecular formula is C23H39F6NO11. The van der Waals surface area contributed by atoms with Crippen LogP contribution >= 0.6 is 0 Å². The molecule has 0 spiro atoms. The van der Waals surface area contributed by atoms with Crippen LogP contribution in [0.15, 0.2) is 0 Å². The van der Waals surface area contributed by atoms with Crippen LogP contribution in [0.2, 0.25) is 0 Å². The molecule has 0 aliphatic carbocycles. The topological polar surface area (TPSA) is 150 Å². The standard InChI is InChI=1S/C23H39F6NO11/c1-30-6-4-8-35-12-19(33)14-38-15-20(34)13-36-9-10-37-16-21(24,25)40-23(28,29)41-22(26,27)17-39-11-18(32)5-2-3-7-31/h18-20,31-34H,2-17H2. The summed E-state index contributed by atoms with van der Waals surface area (Å²) in [5.41, 5.74) is 0. The zero-order chi connectivity index (χ0) is 31.2. The van der Waals surface area contributed by atoms with E-state index in [9.17, 15) is 41.7 Å². The summed E-state index contributed by atoms with van der Waals surface area (Å²) in [6.45, 7) is 1.22. The van der Waals surface area contributed by atoms with Crippen molar-refractivity contribution in [3.63, 3.8) is 0 Å². The van der Waals surface area contributed by atoms with Gasteiger partial charge < -0.3 is 49.0 Å². The average Bonchev–Trinajstić information content (AvgIpc) is 2.84. The van der Waals surface area contributed by atoms with Crippen LogP contribution in [0.25, 0.3) is 4.85 Å². The molecular weight excluding hydrogens is 580 g/mol. The number of ether oxygens (including phenoxy) is 7. The molecule has 3 atom stereocenters. The van der Waals surface area contributed by atoms with Gasteiger partial charge in [0, 0.05) is 13.0 Å². The first-order chi connectivity index (χ1) is 19.2. The van der Waals surface area contributed by atoms with E-state index in [1.165, 1.54) is 0 Å². The smallest absolute Gasteiger partial charge is 0.396 e. The fourth-order valence-corrected chi connectivity index (χ4v) is 2.75. The van der Waals surface area contributed by atoms with Crippen LogP contribution in [0.4, 0.5) is 26.3 Å². The normalized spacial score (nSPS) is 15.0. The number of halogens is 6. The molecule has 0 aromatic carbocycles. The van der Waals surface area contributed by atoms with E-state index in [-0.39, 0.29) is 46.1 Å². The highest BCUT2D eigenvalue weighted by atomic mass is 19.3. The van der Waals surface area contributed by atoms with Crippen LogP contribution in [0.5, 0.6) is 0 Å². The minimum Gasteiger partial charge on any atom is -0.396 e. The van der Waals surface area contributed by atoms with E-state index in [1.54, 1.807) is 0 Å². The van der Waals surface area contributed by atoms with Gasteiger partial charge in [-0.25, -0.2) is 16.0 Å². The number of alkyl halides is 6. The van der Waals surface area contributed by atoms with E-state index in [0.717, 1.165) is 0 Å². The van der Waals surface area contributed by atoms with Crippen molar-refractivity contribution in [1.82, 2.24) is 0 Å². The lowest BCUT2D eigenvalue weighted by molar-refractivity contribution is -0.518. The van der Waals surface area contributed by atoms with Crippen molar-refractivity contribution in [2.24, 2.45) is 0 Å². The van der Waals surface area contributed by atoms with Gasteiger partial charge in [0.25, 0.3) is 0 Å². The molecule has 0 rings (SSSR count). The SMILES string of the molecule is [C-]#[N+]CCCOCC(O)COCC(O)COCCOCC(F)(F)OC(F)(F)OC(F)(F)COCC(O)CCCCO. The Morgan fingerprint density at radius 1 is 0.610 bits per heavy atom. The van der Waals surface area contributed by atoms with Gasteiger partial charge in [-0.15, -0.1) is 8.78 Å². The Morgan fingerprint density at radius 2 is 1.10 bits per heavy atom. The molecule has 0 fully saturated rings. The number of hydrogen-bond donors (Lipinski definition) is 4. The third-order valence-corrected chi connectivity index (χ3v) is 4.50. The summed E-state index contributed by atoms with van der Waals surface area (Å²) in [6.07, 6.45) is -16.9. The summed E-state index contributed by atoms with van der Waals surface area (Å²) in [5, 5.41) is 37.5. The van der Waals surface area contributed by atoms with Crippen molar-refractivity contribution >= 4 is 0 Å². The quantitative estimate of drug-likeness (QED) is 0.0436. The Kier molecular flexibility index (Phi) is 21.5. The summed E-state index contributed by atoms with van der Waals surface area (Å²) in [5.74, 6) is 0. The van der Waals surface area contributed by atoms with Crippen LogP contribution in [0, 0.1) is 6.57 Å². The number of nitrogens with zero attached hydrogens (tertiary/aromatic N) is 1. The van der Waals surface area contributed by atoms with Crippen molar-refractivity contribution in [2.75, 3.05) is 79.2 Å². The van der Waals surface area contributed by atoms with Crippen molar-refractivity contribution in [3.8, 4) is 0 Å². The molecule has 0 heterocycles. The second kappa shape index (κ2) is 22.2. The number of aliphatic hydroxyl groups excluding tert-OH is 4. The molecule has 0 amide bonds. The Morgan fingerprint density at radius 3 is 1.66 bits per heavy atom. The fraction of sp³-hybridized carbons (Fsp3) is 0.957. The number of hydrogen-bond acceptors (Lipinski definition) is 11. The Bertz CT molecular complexity index is 691. The number of rotatable bonds is 28. The van der Waals surface area contributed by atoms with Crippen molar-refractivity contribution in [1.29, 1.82) is 0 Å². The monoisotopic (exact) mass is 619 g/mol. The maximum atomic E-state index is 13.6. The second-order valence-electron chi connectivity index (χ2n) is 8.61. The van der Waals surface area contributed by atoms with Crippen LogP contribution in [0.1, 0.15) is 25.7 Å². The maximum Gasteiger partial charge on any atom is 0.495 e. The number of unbranched alkanes of at least 4 members (excludes halogenated alkanes) is 1. The molecule has 0 aliphatic rings. The van der Waals surface area contributed by atoms with Gasteiger partial charge in [-0.1, -0.05) is 0 Å². The molecule has 0 saturated heterocycles. The molecule has 244 valence electrons. The zero-order valence-electron chi connectivity index (χ0n) is 22.4. The van der Waals surface area contributed by atoms with Gasteiger partial charge in [0.2, 0.25) is 6.54 Å². The van der Waals surface area contributed by atoms with E-state index >= 15 is 0 Å². The Balaban J connectivity index is 4.06. The third kappa shape index (κ3) is 24.9. The third-order valence-electron chi connectivity index (χ3n) is 4.50. The van der Waals surface area contributed by atoms with E-state index in [0.29, 0.717) is 32.4 Å². The molecule has 0 aromatic heterocycles. The molecule has 0 saturated carbocycles. The highest BCUT2D eigenvalue weighted by molar-refractivity contribution is 4.60. The lowest BCUT2D eigenvalue weighted by Crippen LogP contribution is -2.44. The van der Waals surface area contributed by atoms with Gasteiger partial charge in [0.05, 0.1) is 59.0 Å². The minimum absolute atomic E-state index is 0.0243. The molecule has 4 N–H and O–H groups in total. The first-order valence-electron chi connectivity index (χ1n) is 12.6. The number of aliphatic hydroxyl groups is 4. The Hall–Kier alpha value is -1.37. The lowest BCUT2D eigenvalue weighted by Gasteiger charge is -2.26. The van der Waals surface area contributed by atoms with Crippen LogP contribution in [-0.2, 0) is 33.2 Å². The van der Waals surface area contributed by atoms with Crippen molar-refractivity contribution in [3.05, 3.63) is 11.4 Å². The fourth-order valence-electron chi connectivity index (χ4n) is 2.75. The van der Waals surface area contributed by atoms with Gasteiger partial charge in [0.1, 0.15) is 25.4 Å². The molecule has 3 unspecified atom stereocenters. The van der Waals surface area contributed by atoms with Crippen molar-refractivity contribution < 1.29 is 79.9 Å². The van der Waals surface area contributed by atoms with E-state index in [1.807, 2.05) is 0 Å². The predicted molar refractivity (Wildman–Crippen MR) is 126 cm³/mol. The average molecular weight is 620 g/mol. The van der Waals surface area contributed by atoms with Crippen molar-refractivity contribution in [2.45, 2.75) is 62.5 Å².